The van der Waals surface area contributed by atoms with Crippen LogP contribution in [0.5, 0.6) is 0 Å². The number of rotatable bonds is 6. The third kappa shape index (κ3) is 5.20. The maximum absolute atomic E-state index is 11.6. The second-order valence-electron chi connectivity index (χ2n) is 8.20. The lowest BCUT2D eigenvalue weighted by atomic mass is 9.84. The summed E-state index contributed by atoms with van der Waals surface area (Å²) in [6, 6.07) is 8.83. The predicted molar refractivity (Wildman–Crippen MR) is 119 cm³/mol. The fraction of sp³-hybridized carbons (Fsp3) is 0.636. The first-order chi connectivity index (χ1) is 14.2. The minimum absolute atomic E-state index is 0.262. The van der Waals surface area contributed by atoms with Crippen LogP contribution in [0.4, 0.5) is 10.6 Å². The van der Waals surface area contributed by atoms with Gasteiger partial charge >= 0.3 is 6.09 Å². The standard InChI is InChI=1S/C22H32N4O2S/c1-2-28-22(27)23-18-9-7-17(8-10-18)11-12-25-13-15-26(16-14-25)21-19-5-3-4-6-20(19)29-24-21/h3-6,17-18H,2,7-16H2,1H3,(H,23,27). The van der Waals surface area contributed by atoms with E-state index in [4.69, 9.17) is 9.11 Å². The van der Waals surface area contributed by atoms with Gasteiger partial charge in [0.15, 0.2) is 0 Å². The van der Waals surface area contributed by atoms with Crippen LogP contribution < -0.4 is 10.2 Å². The van der Waals surface area contributed by atoms with Crippen LogP contribution in [0.15, 0.2) is 24.3 Å². The van der Waals surface area contributed by atoms with Gasteiger partial charge < -0.3 is 15.0 Å². The summed E-state index contributed by atoms with van der Waals surface area (Å²) >= 11 is 1.60. The van der Waals surface area contributed by atoms with Crippen molar-refractivity contribution in [2.75, 3.05) is 44.2 Å². The van der Waals surface area contributed by atoms with Crippen LogP contribution in [-0.4, -0.2) is 60.7 Å². The number of carbonyl (C=O) groups is 1. The number of nitrogens with zero attached hydrogens (tertiary/aromatic N) is 3. The van der Waals surface area contributed by atoms with E-state index in [1.165, 1.54) is 35.9 Å². The molecule has 0 unspecified atom stereocenters. The molecule has 2 heterocycles. The first-order valence-corrected chi connectivity index (χ1v) is 11.7. The number of anilines is 1. The van der Waals surface area contributed by atoms with Gasteiger partial charge in [-0.3, -0.25) is 4.90 Å². The maximum Gasteiger partial charge on any atom is 0.407 e. The molecule has 1 aromatic heterocycles. The summed E-state index contributed by atoms with van der Waals surface area (Å²) in [7, 11) is 0. The Kier molecular flexibility index (Phi) is 6.87. The normalized spacial score (nSPS) is 23.3. The highest BCUT2D eigenvalue weighted by Gasteiger charge is 2.25. The molecule has 4 rings (SSSR count). The van der Waals surface area contributed by atoms with Crippen molar-refractivity contribution >= 4 is 33.5 Å². The van der Waals surface area contributed by atoms with E-state index in [1.807, 2.05) is 6.92 Å². The molecular weight excluding hydrogens is 384 g/mol. The molecule has 1 amide bonds. The molecule has 1 saturated carbocycles. The van der Waals surface area contributed by atoms with E-state index in [1.54, 1.807) is 11.5 Å². The molecular formula is C22H32N4O2S. The molecule has 0 bridgehead atoms. The van der Waals surface area contributed by atoms with Crippen molar-refractivity contribution in [2.45, 2.75) is 45.1 Å². The largest absolute Gasteiger partial charge is 0.450 e. The van der Waals surface area contributed by atoms with Crippen molar-refractivity contribution in [2.24, 2.45) is 5.92 Å². The molecule has 2 fully saturated rings. The zero-order chi connectivity index (χ0) is 20.1. The number of benzene rings is 1. The van der Waals surface area contributed by atoms with Gasteiger partial charge in [-0.1, -0.05) is 12.1 Å². The van der Waals surface area contributed by atoms with E-state index in [0.29, 0.717) is 12.6 Å². The number of carbonyl (C=O) groups excluding carboxylic acids is 1. The van der Waals surface area contributed by atoms with Crippen LogP contribution in [0.25, 0.3) is 10.1 Å². The molecule has 2 aromatic rings. The predicted octanol–water partition coefficient (Wildman–Crippen LogP) is 4.11. The molecule has 1 aromatic carbocycles. The Balaban J connectivity index is 1.17. The van der Waals surface area contributed by atoms with Crippen LogP contribution in [0.3, 0.4) is 0 Å². The van der Waals surface area contributed by atoms with Gasteiger partial charge in [-0.25, -0.2) is 4.79 Å². The van der Waals surface area contributed by atoms with Crippen LogP contribution in [0, 0.1) is 5.92 Å². The second-order valence-corrected chi connectivity index (χ2v) is 9.01. The van der Waals surface area contributed by atoms with Crippen molar-refractivity contribution in [3.05, 3.63) is 24.3 Å². The number of piperazine rings is 1. The molecule has 7 heteroatoms. The number of hydrogen-bond acceptors (Lipinski definition) is 6. The van der Waals surface area contributed by atoms with Crippen LogP contribution in [-0.2, 0) is 4.74 Å². The molecule has 158 valence electrons. The summed E-state index contributed by atoms with van der Waals surface area (Å²) in [5.41, 5.74) is 0. The van der Waals surface area contributed by atoms with Crippen molar-refractivity contribution in [3.63, 3.8) is 0 Å². The highest BCUT2D eigenvalue weighted by Crippen LogP contribution is 2.30. The zero-order valence-electron chi connectivity index (χ0n) is 17.3. The minimum atomic E-state index is -0.262. The zero-order valence-corrected chi connectivity index (χ0v) is 18.1. The first-order valence-electron chi connectivity index (χ1n) is 11.0. The highest BCUT2D eigenvalue weighted by molar-refractivity contribution is 7.13. The summed E-state index contributed by atoms with van der Waals surface area (Å²) < 4.78 is 11.0. The van der Waals surface area contributed by atoms with Crippen molar-refractivity contribution in [1.82, 2.24) is 14.6 Å². The third-order valence-electron chi connectivity index (χ3n) is 6.33. The van der Waals surface area contributed by atoms with E-state index in [2.05, 4.69) is 39.4 Å². The molecule has 1 saturated heterocycles. The summed E-state index contributed by atoms with van der Waals surface area (Å²) in [6.07, 6.45) is 5.58. The average molecular weight is 417 g/mol. The number of fused-ring (bicyclic) bond motifs is 1. The summed E-state index contributed by atoms with van der Waals surface area (Å²) in [4.78, 5) is 16.6. The maximum atomic E-state index is 11.6. The molecule has 6 nitrogen and oxygen atoms in total. The lowest BCUT2D eigenvalue weighted by molar-refractivity contribution is 0.141. The van der Waals surface area contributed by atoms with E-state index < -0.39 is 0 Å². The van der Waals surface area contributed by atoms with Crippen molar-refractivity contribution in [1.29, 1.82) is 0 Å². The van der Waals surface area contributed by atoms with Gasteiger partial charge in [0.2, 0.25) is 0 Å². The van der Waals surface area contributed by atoms with E-state index in [-0.39, 0.29) is 6.09 Å². The Morgan fingerprint density at radius 1 is 1.17 bits per heavy atom. The quantitative estimate of drug-likeness (QED) is 0.768. The third-order valence-corrected chi connectivity index (χ3v) is 7.14. The Morgan fingerprint density at radius 3 is 2.69 bits per heavy atom. The first kappa shape index (κ1) is 20.4. The summed E-state index contributed by atoms with van der Waals surface area (Å²) in [5.74, 6) is 1.95. The SMILES string of the molecule is CCOC(=O)NC1CCC(CCN2CCN(c3nsc4ccccc34)CC2)CC1. The molecule has 0 atom stereocenters. The van der Waals surface area contributed by atoms with E-state index in [0.717, 1.165) is 50.8 Å². The Bertz CT molecular complexity index is 795. The smallest absolute Gasteiger partial charge is 0.407 e. The summed E-state index contributed by atoms with van der Waals surface area (Å²) in [5, 5.41) is 4.29. The van der Waals surface area contributed by atoms with Crippen molar-refractivity contribution < 1.29 is 9.53 Å². The van der Waals surface area contributed by atoms with E-state index in [9.17, 15) is 4.79 Å². The average Bonchev–Trinajstić information content (AvgIpc) is 3.18. The van der Waals surface area contributed by atoms with Gasteiger partial charge in [0.05, 0.1) is 11.3 Å². The molecule has 1 N–H and O–H groups in total. The number of amides is 1. The molecule has 1 aliphatic heterocycles. The number of alkyl carbamates (subject to hydrolysis) is 1. The van der Waals surface area contributed by atoms with Crippen LogP contribution in [0.2, 0.25) is 0 Å². The molecule has 0 spiro atoms. The highest BCUT2D eigenvalue weighted by atomic mass is 32.1. The number of ether oxygens (including phenoxy) is 1. The molecule has 29 heavy (non-hydrogen) atoms. The van der Waals surface area contributed by atoms with Gasteiger partial charge in [0.1, 0.15) is 5.82 Å². The van der Waals surface area contributed by atoms with Gasteiger partial charge in [-0.05, 0) is 75.2 Å². The Morgan fingerprint density at radius 2 is 1.93 bits per heavy atom. The minimum Gasteiger partial charge on any atom is -0.450 e. The van der Waals surface area contributed by atoms with Crippen LogP contribution >= 0.6 is 11.5 Å². The summed E-state index contributed by atoms with van der Waals surface area (Å²) in [6.45, 7) is 7.82. The molecule has 1 aliphatic carbocycles. The van der Waals surface area contributed by atoms with Gasteiger partial charge in [-0.15, -0.1) is 0 Å². The van der Waals surface area contributed by atoms with Gasteiger partial charge in [-0.2, -0.15) is 4.37 Å². The van der Waals surface area contributed by atoms with Crippen LogP contribution in [0.1, 0.15) is 39.0 Å². The fourth-order valence-corrected chi connectivity index (χ4v) is 5.38. The monoisotopic (exact) mass is 416 g/mol. The second kappa shape index (κ2) is 9.76. The van der Waals surface area contributed by atoms with Gasteiger partial charge in [0, 0.05) is 37.6 Å². The lowest BCUT2D eigenvalue weighted by Crippen LogP contribution is -2.47. The number of aromatic nitrogens is 1. The van der Waals surface area contributed by atoms with Gasteiger partial charge in [0.25, 0.3) is 0 Å². The Hall–Kier alpha value is -1.86. The lowest BCUT2D eigenvalue weighted by Gasteiger charge is -2.36. The van der Waals surface area contributed by atoms with E-state index >= 15 is 0 Å². The topological polar surface area (TPSA) is 57.7 Å². The molecule has 0 radical (unpaired) electrons. The van der Waals surface area contributed by atoms with Crippen molar-refractivity contribution in [3.8, 4) is 0 Å². The Labute approximate surface area is 177 Å². The number of nitrogens with one attached hydrogen (secondary N) is 1. The molecule has 2 aliphatic rings. The number of hydrogen-bond donors (Lipinski definition) is 1. The fourth-order valence-electron chi connectivity index (χ4n) is 4.58.